The van der Waals surface area contributed by atoms with Crippen molar-refractivity contribution < 1.29 is 14.9 Å². The summed E-state index contributed by atoms with van der Waals surface area (Å²) < 4.78 is 5.37. The molecule has 4 heteroatoms. The Kier molecular flexibility index (Phi) is 4.09. The first-order valence-electron chi connectivity index (χ1n) is 6.44. The van der Waals surface area contributed by atoms with Crippen molar-refractivity contribution in [3.63, 3.8) is 0 Å². The van der Waals surface area contributed by atoms with E-state index in [1.165, 1.54) is 0 Å². The second kappa shape index (κ2) is 5.59. The molecule has 100 valence electrons. The molecule has 0 aromatic heterocycles. The number of benzene rings is 1. The van der Waals surface area contributed by atoms with Crippen LogP contribution in [0.1, 0.15) is 31.9 Å². The monoisotopic (exact) mass is 251 g/mol. The molecule has 1 saturated heterocycles. The van der Waals surface area contributed by atoms with E-state index < -0.39 is 0 Å². The maximum Gasteiger partial charge on any atom is 0.124 e. The fourth-order valence-corrected chi connectivity index (χ4v) is 2.55. The van der Waals surface area contributed by atoms with Gasteiger partial charge in [0.1, 0.15) is 11.5 Å². The van der Waals surface area contributed by atoms with Crippen LogP contribution in [0.15, 0.2) is 18.2 Å². The molecule has 1 aliphatic rings. The molecule has 2 rings (SSSR count). The summed E-state index contributed by atoms with van der Waals surface area (Å²) in [4.78, 5) is 0. The van der Waals surface area contributed by atoms with Crippen LogP contribution >= 0.6 is 0 Å². The van der Waals surface area contributed by atoms with Crippen molar-refractivity contribution in [2.45, 2.75) is 32.4 Å². The minimum absolute atomic E-state index is 0.0956. The molecule has 3 unspecified atom stereocenters. The molecule has 1 aromatic rings. The summed E-state index contributed by atoms with van der Waals surface area (Å²) in [5, 5.41) is 23.1. The molecule has 0 radical (unpaired) electrons. The minimum Gasteiger partial charge on any atom is -0.507 e. The van der Waals surface area contributed by atoms with Crippen molar-refractivity contribution >= 4 is 0 Å². The summed E-state index contributed by atoms with van der Waals surface area (Å²) in [5.74, 6) is 0.759. The van der Waals surface area contributed by atoms with E-state index in [9.17, 15) is 10.2 Å². The van der Waals surface area contributed by atoms with Gasteiger partial charge in [0.15, 0.2) is 0 Å². The van der Waals surface area contributed by atoms with E-state index in [0.717, 1.165) is 19.6 Å². The topological polar surface area (TPSA) is 61.7 Å². The Balaban J connectivity index is 2.04. The van der Waals surface area contributed by atoms with Crippen LogP contribution in [0, 0.1) is 5.92 Å². The highest BCUT2D eigenvalue weighted by atomic mass is 16.5. The Morgan fingerprint density at radius 1 is 1.28 bits per heavy atom. The lowest BCUT2D eigenvalue weighted by Gasteiger charge is -2.25. The first-order valence-corrected chi connectivity index (χ1v) is 6.44. The maximum absolute atomic E-state index is 9.82. The van der Waals surface area contributed by atoms with E-state index in [-0.39, 0.29) is 17.5 Å². The van der Waals surface area contributed by atoms with Crippen LogP contribution in [0.3, 0.4) is 0 Å². The Hall–Kier alpha value is -1.26. The summed E-state index contributed by atoms with van der Waals surface area (Å²) >= 11 is 0. The van der Waals surface area contributed by atoms with Crippen LogP contribution in [0.5, 0.6) is 11.5 Å². The Morgan fingerprint density at radius 3 is 2.50 bits per heavy atom. The number of nitrogens with one attached hydrogen (secondary N) is 1. The quantitative estimate of drug-likeness (QED) is 0.767. The van der Waals surface area contributed by atoms with Gasteiger partial charge < -0.3 is 20.3 Å². The zero-order chi connectivity index (χ0) is 13.1. The smallest absolute Gasteiger partial charge is 0.124 e. The molecule has 1 heterocycles. The summed E-state index contributed by atoms with van der Waals surface area (Å²) in [7, 11) is 0. The molecule has 1 aliphatic heterocycles. The summed E-state index contributed by atoms with van der Waals surface area (Å²) in [5.41, 5.74) is 0.559. The van der Waals surface area contributed by atoms with Crippen LogP contribution < -0.4 is 5.32 Å². The lowest BCUT2D eigenvalue weighted by atomic mass is 9.98. The van der Waals surface area contributed by atoms with E-state index in [1.807, 2.05) is 6.92 Å². The zero-order valence-electron chi connectivity index (χ0n) is 10.9. The molecule has 0 saturated carbocycles. The van der Waals surface area contributed by atoms with Crippen LogP contribution in [0.4, 0.5) is 0 Å². The lowest BCUT2D eigenvalue weighted by molar-refractivity contribution is 0.177. The van der Waals surface area contributed by atoms with Gasteiger partial charge in [-0.2, -0.15) is 0 Å². The molecule has 18 heavy (non-hydrogen) atoms. The predicted molar refractivity (Wildman–Crippen MR) is 69.7 cm³/mol. The van der Waals surface area contributed by atoms with E-state index in [2.05, 4.69) is 12.2 Å². The van der Waals surface area contributed by atoms with Gasteiger partial charge in [-0.25, -0.2) is 0 Å². The van der Waals surface area contributed by atoms with Gasteiger partial charge >= 0.3 is 0 Å². The number of aromatic hydroxyl groups is 2. The second-order valence-electron chi connectivity index (χ2n) is 5.01. The van der Waals surface area contributed by atoms with Crippen molar-refractivity contribution in [3.05, 3.63) is 23.8 Å². The van der Waals surface area contributed by atoms with E-state index in [0.29, 0.717) is 17.5 Å². The van der Waals surface area contributed by atoms with Gasteiger partial charge in [-0.05, 0) is 38.3 Å². The molecule has 0 bridgehead atoms. The molecular formula is C14H21NO3. The third-order valence-electron chi connectivity index (χ3n) is 3.68. The van der Waals surface area contributed by atoms with Crippen molar-refractivity contribution in [2.24, 2.45) is 5.92 Å². The minimum atomic E-state index is -0.0956. The fraction of sp³-hybridized carbons (Fsp3) is 0.571. The van der Waals surface area contributed by atoms with Crippen LogP contribution in [0.2, 0.25) is 0 Å². The normalized spacial score (nSPS) is 22.9. The van der Waals surface area contributed by atoms with E-state index in [1.54, 1.807) is 18.2 Å². The number of hydrogen-bond acceptors (Lipinski definition) is 4. The average Bonchev–Trinajstić information content (AvgIpc) is 2.81. The highest BCUT2D eigenvalue weighted by Crippen LogP contribution is 2.33. The number of phenols is 2. The van der Waals surface area contributed by atoms with E-state index >= 15 is 0 Å². The van der Waals surface area contributed by atoms with Crippen LogP contribution in [-0.4, -0.2) is 29.5 Å². The highest BCUT2D eigenvalue weighted by Gasteiger charge is 2.25. The highest BCUT2D eigenvalue weighted by molar-refractivity contribution is 5.44. The van der Waals surface area contributed by atoms with Gasteiger partial charge in [-0.3, -0.25) is 0 Å². The van der Waals surface area contributed by atoms with Crippen molar-refractivity contribution in [2.75, 3.05) is 13.2 Å². The molecular weight excluding hydrogens is 230 g/mol. The summed E-state index contributed by atoms with van der Waals surface area (Å²) in [6.07, 6.45) is 1.06. The third-order valence-corrected chi connectivity index (χ3v) is 3.68. The molecule has 3 N–H and O–H groups in total. The molecule has 1 aromatic carbocycles. The first kappa shape index (κ1) is 13.2. The van der Waals surface area contributed by atoms with Gasteiger partial charge in [0.05, 0.1) is 12.2 Å². The number of hydrogen-bond donors (Lipinski definition) is 3. The second-order valence-corrected chi connectivity index (χ2v) is 5.01. The molecule has 3 atom stereocenters. The predicted octanol–water partition coefficient (Wildman–Crippen LogP) is 2.17. The Labute approximate surface area is 108 Å². The van der Waals surface area contributed by atoms with Crippen molar-refractivity contribution in [3.8, 4) is 11.5 Å². The standard InChI is InChI=1S/C14H21NO3/c1-9(11-6-7-18-8-11)15-10(2)14-12(16)4-3-5-13(14)17/h3-5,9-11,15-17H,6-8H2,1-2H3. The number of phenolic OH excluding ortho intramolecular Hbond substituents is 2. The largest absolute Gasteiger partial charge is 0.507 e. The fourth-order valence-electron chi connectivity index (χ4n) is 2.55. The van der Waals surface area contributed by atoms with Gasteiger partial charge in [-0.15, -0.1) is 0 Å². The maximum atomic E-state index is 9.82. The Bertz CT molecular complexity index is 382. The SMILES string of the molecule is CC(NC(C)C1CCOC1)c1c(O)cccc1O. The van der Waals surface area contributed by atoms with Gasteiger partial charge in [0, 0.05) is 18.7 Å². The van der Waals surface area contributed by atoms with Crippen LogP contribution in [0.25, 0.3) is 0 Å². The molecule has 1 fully saturated rings. The third kappa shape index (κ3) is 2.76. The van der Waals surface area contributed by atoms with Crippen LogP contribution in [-0.2, 0) is 4.74 Å². The zero-order valence-corrected chi connectivity index (χ0v) is 10.9. The number of ether oxygens (including phenoxy) is 1. The lowest BCUT2D eigenvalue weighted by Crippen LogP contribution is -2.35. The van der Waals surface area contributed by atoms with Gasteiger partial charge in [-0.1, -0.05) is 6.07 Å². The summed E-state index contributed by atoms with van der Waals surface area (Å²) in [6.45, 7) is 5.68. The molecule has 4 nitrogen and oxygen atoms in total. The Morgan fingerprint density at radius 2 is 1.94 bits per heavy atom. The molecule has 0 spiro atoms. The van der Waals surface area contributed by atoms with Gasteiger partial charge in [0.25, 0.3) is 0 Å². The van der Waals surface area contributed by atoms with E-state index in [4.69, 9.17) is 4.74 Å². The average molecular weight is 251 g/mol. The molecule has 0 aliphatic carbocycles. The summed E-state index contributed by atoms with van der Waals surface area (Å²) in [6, 6.07) is 5.02. The first-order chi connectivity index (χ1) is 8.59. The number of rotatable bonds is 4. The van der Waals surface area contributed by atoms with Crippen molar-refractivity contribution in [1.29, 1.82) is 0 Å². The van der Waals surface area contributed by atoms with Crippen molar-refractivity contribution in [1.82, 2.24) is 5.32 Å². The van der Waals surface area contributed by atoms with Gasteiger partial charge in [0.2, 0.25) is 0 Å². The molecule has 0 amide bonds.